The van der Waals surface area contributed by atoms with E-state index in [9.17, 15) is 9.59 Å². The van der Waals surface area contributed by atoms with Crippen LogP contribution in [0.4, 0.5) is 5.69 Å². The summed E-state index contributed by atoms with van der Waals surface area (Å²) in [6, 6.07) is 20.8. The molecule has 0 unspecified atom stereocenters. The molecule has 0 atom stereocenters. The first kappa shape index (κ1) is 21.3. The minimum Gasteiger partial charge on any atom is -0.322 e. The average molecular weight is 438 g/mol. The number of anilines is 1. The first-order valence-corrected chi connectivity index (χ1v) is 9.70. The van der Waals surface area contributed by atoms with Gasteiger partial charge >= 0.3 is 0 Å². The first-order valence-electron chi connectivity index (χ1n) is 8.94. The van der Waals surface area contributed by atoms with Crippen LogP contribution in [-0.2, 0) is 0 Å². The second kappa shape index (κ2) is 10.4. The molecule has 5 nitrogen and oxygen atoms in total. The summed E-state index contributed by atoms with van der Waals surface area (Å²) in [6.45, 7) is 0. The molecule has 3 aromatic carbocycles. The lowest BCUT2D eigenvalue weighted by molar-refractivity contribution is 0.0954. The fourth-order valence-corrected chi connectivity index (χ4v) is 2.99. The van der Waals surface area contributed by atoms with Gasteiger partial charge in [-0.2, -0.15) is 5.10 Å². The summed E-state index contributed by atoms with van der Waals surface area (Å²) in [6.07, 6.45) is 5.10. The molecular weight excluding hydrogens is 421 g/mol. The monoisotopic (exact) mass is 437 g/mol. The molecule has 0 bridgehead atoms. The van der Waals surface area contributed by atoms with Crippen LogP contribution in [0.3, 0.4) is 0 Å². The Bertz CT molecular complexity index is 1100. The van der Waals surface area contributed by atoms with Crippen LogP contribution in [0.1, 0.15) is 26.3 Å². The Morgan fingerprint density at radius 3 is 2.30 bits per heavy atom. The first-order chi connectivity index (χ1) is 14.5. The summed E-state index contributed by atoms with van der Waals surface area (Å²) in [5.41, 5.74) is 4.72. The van der Waals surface area contributed by atoms with Gasteiger partial charge in [0.25, 0.3) is 11.8 Å². The van der Waals surface area contributed by atoms with Crippen molar-refractivity contribution in [3.8, 4) is 0 Å². The topological polar surface area (TPSA) is 70.6 Å². The predicted octanol–water partition coefficient (Wildman–Crippen LogP) is 5.67. The van der Waals surface area contributed by atoms with Crippen molar-refractivity contribution in [1.29, 1.82) is 0 Å². The highest BCUT2D eigenvalue weighted by Crippen LogP contribution is 2.22. The molecule has 2 N–H and O–H groups in total. The zero-order valence-electron chi connectivity index (χ0n) is 15.7. The van der Waals surface area contributed by atoms with E-state index in [0.717, 1.165) is 5.56 Å². The normalized spacial score (nSPS) is 11.0. The number of hydrogen-bond acceptors (Lipinski definition) is 3. The van der Waals surface area contributed by atoms with Gasteiger partial charge in [0.05, 0.1) is 10.6 Å². The fourth-order valence-electron chi connectivity index (χ4n) is 2.50. The molecule has 0 saturated carbocycles. The molecule has 30 heavy (non-hydrogen) atoms. The van der Waals surface area contributed by atoms with Crippen LogP contribution in [0.5, 0.6) is 0 Å². The van der Waals surface area contributed by atoms with Crippen LogP contribution in [0.2, 0.25) is 10.0 Å². The molecule has 0 aliphatic heterocycles. The largest absolute Gasteiger partial charge is 0.322 e. The van der Waals surface area contributed by atoms with Gasteiger partial charge in [0.2, 0.25) is 0 Å². The summed E-state index contributed by atoms with van der Waals surface area (Å²) in [4.78, 5) is 24.5. The number of allylic oxidation sites excluding steroid dienone is 1. The number of rotatable bonds is 6. The Labute approximate surface area is 184 Å². The van der Waals surface area contributed by atoms with E-state index in [1.54, 1.807) is 42.5 Å². The maximum Gasteiger partial charge on any atom is 0.271 e. The molecule has 150 valence electrons. The van der Waals surface area contributed by atoms with E-state index in [4.69, 9.17) is 23.2 Å². The van der Waals surface area contributed by atoms with E-state index < -0.39 is 0 Å². The van der Waals surface area contributed by atoms with Gasteiger partial charge in [-0.25, -0.2) is 5.43 Å². The van der Waals surface area contributed by atoms with Gasteiger partial charge in [-0.1, -0.05) is 59.6 Å². The smallest absolute Gasteiger partial charge is 0.271 e. The van der Waals surface area contributed by atoms with Crippen molar-refractivity contribution in [2.75, 3.05) is 5.32 Å². The van der Waals surface area contributed by atoms with Crippen molar-refractivity contribution in [2.24, 2.45) is 5.10 Å². The van der Waals surface area contributed by atoms with Gasteiger partial charge in [0, 0.05) is 22.5 Å². The van der Waals surface area contributed by atoms with Gasteiger partial charge in [0.1, 0.15) is 0 Å². The van der Waals surface area contributed by atoms with Crippen molar-refractivity contribution >= 4 is 53.0 Å². The van der Waals surface area contributed by atoms with Gasteiger partial charge in [0.15, 0.2) is 0 Å². The lowest BCUT2D eigenvalue weighted by atomic mass is 10.1. The summed E-state index contributed by atoms with van der Waals surface area (Å²) < 4.78 is 0. The molecule has 0 saturated heterocycles. The van der Waals surface area contributed by atoms with Gasteiger partial charge in [-0.05, 0) is 54.1 Å². The Balaban J connectivity index is 1.54. The molecule has 0 aromatic heterocycles. The number of amides is 2. The SMILES string of the molecule is O=C(N/N=C\C=C\c1ccccc1)c1ccc(NC(=O)c2ccc(Cl)cc2Cl)cc1. The van der Waals surface area contributed by atoms with E-state index in [-0.39, 0.29) is 16.8 Å². The van der Waals surface area contributed by atoms with Crippen molar-refractivity contribution in [3.63, 3.8) is 0 Å². The minimum absolute atomic E-state index is 0.259. The number of carbonyl (C=O) groups is 2. The molecule has 0 aliphatic rings. The standard InChI is InChI=1S/C23H17Cl2N3O2/c24-18-10-13-20(21(25)15-18)23(30)27-19-11-8-17(9-12-19)22(29)28-26-14-4-7-16-5-2-1-3-6-16/h1-15H,(H,27,30)(H,28,29)/b7-4+,26-14-. The van der Waals surface area contributed by atoms with Crippen LogP contribution in [0.25, 0.3) is 6.08 Å². The van der Waals surface area contributed by atoms with Crippen LogP contribution >= 0.6 is 23.2 Å². The number of nitrogens with zero attached hydrogens (tertiary/aromatic N) is 1. The summed E-state index contributed by atoms with van der Waals surface area (Å²) in [7, 11) is 0. The summed E-state index contributed by atoms with van der Waals surface area (Å²) >= 11 is 11.9. The number of hydrazone groups is 1. The molecule has 0 fully saturated rings. The van der Waals surface area contributed by atoms with E-state index in [1.165, 1.54) is 12.3 Å². The van der Waals surface area contributed by atoms with E-state index in [0.29, 0.717) is 21.8 Å². The Morgan fingerprint density at radius 1 is 0.867 bits per heavy atom. The molecule has 3 rings (SSSR count). The zero-order valence-corrected chi connectivity index (χ0v) is 17.2. The lowest BCUT2D eigenvalue weighted by Crippen LogP contribution is -2.17. The van der Waals surface area contributed by atoms with E-state index >= 15 is 0 Å². The maximum absolute atomic E-state index is 12.3. The third-order valence-corrected chi connectivity index (χ3v) is 4.54. The minimum atomic E-state index is -0.372. The average Bonchev–Trinajstić information content (AvgIpc) is 2.74. The zero-order chi connectivity index (χ0) is 21.3. The Kier molecular flexibility index (Phi) is 7.38. The van der Waals surface area contributed by atoms with Gasteiger partial charge < -0.3 is 5.32 Å². The molecular formula is C23H17Cl2N3O2. The van der Waals surface area contributed by atoms with Crippen molar-refractivity contribution in [2.45, 2.75) is 0 Å². The van der Waals surface area contributed by atoms with Crippen LogP contribution in [0, 0.1) is 0 Å². The lowest BCUT2D eigenvalue weighted by Gasteiger charge is -2.08. The third kappa shape index (κ3) is 6.04. The summed E-state index contributed by atoms with van der Waals surface area (Å²) in [5.74, 6) is -0.735. The molecule has 0 aliphatic carbocycles. The highest BCUT2D eigenvalue weighted by atomic mass is 35.5. The van der Waals surface area contributed by atoms with E-state index in [2.05, 4.69) is 15.8 Å². The van der Waals surface area contributed by atoms with Gasteiger partial charge in [-0.15, -0.1) is 0 Å². The quantitative estimate of drug-likeness (QED) is 0.384. The fraction of sp³-hybridized carbons (Fsp3) is 0. The highest BCUT2D eigenvalue weighted by Gasteiger charge is 2.11. The molecule has 0 heterocycles. The molecule has 0 spiro atoms. The number of halogens is 2. The van der Waals surface area contributed by atoms with Crippen LogP contribution in [-0.4, -0.2) is 18.0 Å². The third-order valence-electron chi connectivity index (χ3n) is 4.00. The van der Waals surface area contributed by atoms with Gasteiger partial charge in [-0.3, -0.25) is 9.59 Å². The van der Waals surface area contributed by atoms with Crippen LogP contribution < -0.4 is 10.7 Å². The Morgan fingerprint density at radius 2 is 1.60 bits per heavy atom. The van der Waals surface area contributed by atoms with Crippen molar-refractivity contribution < 1.29 is 9.59 Å². The Hall–Kier alpha value is -3.41. The molecule has 2 amide bonds. The molecule has 0 radical (unpaired) electrons. The number of nitrogens with one attached hydrogen (secondary N) is 2. The van der Waals surface area contributed by atoms with Crippen molar-refractivity contribution in [1.82, 2.24) is 5.43 Å². The van der Waals surface area contributed by atoms with Crippen molar-refractivity contribution in [3.05, 3.63) is 106 Å². The highest BCUT2D eigenvalue weighted by molar-refractivity contribution is 6.37. The second-order valence-corrected chi connectivity index (χ2v) is 6.99. The van der Waals surface area contributed by atoms with E-state index in [1.807, 2.05) is 36.4 Å². The van der Waals surface area contributed by atoms with Crippen LogP contribution in [0.15, 0.2) is 84.0 Å². The second-order valence-electron chi connectivity index (χ2n) is 6.14. The maximum atomic E-state index is 12.3. The predicted molar refractivity (Wildman–Crippen MR) is 122 cm³/mol. The molecule has 3 aromatic rings. The number of benzene rings is 3. The summed E-state index contributed by atoms with van der Waals surface area (Å²) in [5, 5.41) is 7.32. The number of hydrogen-bond donors (Lipinski definition) is 2. The molecule has 7 heteroatoms. The number of carbonyl (C=O) groups excluding carboxylic acids is 2.